The van der Waals surface area contributed by atoms with E-state index in [2.05, 4.69) is 10.2 Å². The fraction of sp³-hybridized carbons (Fsp3) is 0. The summed E-state index contributed by atoms with van der Waals surface area (Å²) in [5.41, 5.74) is 2.33. The summed E-state index contributed by atoms with van der Waals surface area (Å²) in [7, 11) is -5.19. The van der Waals surface area contributed by atoms with Crippen molar-refractivity contribution in [2.75, 3.05) is 5.73 Å². The molecule has 0 amide bonds. The molecule has 0 aliphatic rings. The summed E-state index contributed by atoms with van der Waals surface area (Å²) in [4.78, 5) is 18.9. The molecular weight excluding hydrogens is 461 g/mol. The number of benzene rings is 3. The van der Waals surface area contributed by atoms with Crippen LogP contribution in [0.3, 0.4) is 0 Å². The quantitative estimate of drug-likeness (QED) is 0.112. The van der Waals surface area contributed by atoms with Gasteiger partial charge in [-0.05, 0) is 23.6 Å². The molecule has 0 fully saturated rings. The average molecular weight is 471 g/mol. The van der Waals surface area contributed by atoms with E-state index in [1.54, 1.807) is 0 Å². The monoisotopic (exact) mass is 471 g/mol. The van der Waals surface area contributed by atoms with Crippen LogP contribution in [0.1, 0.15) is 0 Å². The van der Waals surface area contributed by atoms with Crippen LogP contribution < -0.4 is 35.3 Å². The molecule has 0 heterocycles. The summed E-state index contributed by atoms with van der Waals surface area (Å²) in [6.07, 6.45) is 0. The van der Waals surface area contributed by atoms with Gasteiger partial charge in [-0.2, -0.15) is 0 Å². The first kappa shape index (κ1) is 24.9. The molecule has 0 atom stereocenters. The van der Waals surface area contributed by atoms with Crippen molar-refractivity contribution < 1.29 is 62.6 Å². The number of nitrogen functional groups attached to an aromatic ring is 1. The standard InChI is InChI=1S/C16H11N5O9S.Na/c17-8-2-1-7-3-13(31(28,29)30)14(15(22)10(7)4-8)19-18-11-5-9(20(24)25)6-12(16(11)23)21(26)27;/h1-6,22-23H,17H2,(H,28,29,30);/q;+1/p-1. The average Bonchev–Trinajstić information content (AvgIpc) is 2.67. The fourth-order valence-corrected chi connectivity index (χ4v) is 3.31. The third-order valence-corrected chi connectivity index (χ3v) is 4.92. The smallest absolute Gasteiger partial charge is 0.744 e. The summed E-state index contributed by atoms with van der Waals surface area (Å²) >= 11 is 0. The van der Waals surface area contributed by atoms with Gasteiger partial charge in [0.1, 0.15) is 21.5 Å². The Balaban J connectivity index is 0.00000363. The predicted molar refractivity (Wildman–Crippen MR) is 104 cm³/mol. The Morgan fingerprint density at radius 3 is 2.16 bits per heavy atom. The number of phenolic OH excluding ortho intramolecular Hbond substituents is 2. The SMILES string of the molecule is Nc1ccc2cc(S(=O)(=O)[O-])c(N=Nc3cc([N+](=O)[O-])cc([N+](=O)[O-])c3O)c(O)c2c1.[Na+]. The Hall–Kier alpha value is -3.37. The van der Waals surface area contributed by atoms with E-state index in [-0.39, 0.29) is 46.0 Å². The molecule has 16 heteroatoms. The molecule has 0 spiro atoms. The zero-order valence-electron chi connectivity index (χ0n) is 16.0. The summed E-state index contributed by atoms with van der Waals surface area (Å²) in [5.74, 6) is -1.90. The molecule has 160 valence electrons. The summed E-state index contributed by atoms with van der Waals surface area (Å²) < 4.78 is 35.0. The van der Waals surface area contributed by atoms with Gasteiger partial charge in [0, 0.05) is 17.1 Å². The van der Waals surface area contributed by atoms with Crippen LogP contribution in [-0.4, -0.2) is 33.0 Å². The molecule has 4 N–H and O–H groups in total. The number of azo groups is 1. The van der Waals surface area contributed by atoms with E-state index in [0.29, 0.717) is 12.1 Å². The second-order valence-electron chi connectivity index (χ2n) is 6.05. The number of hydrogen-bond acceptors (Lipinski definition) is 12. The molecule has 0 saturated heterocycles. The minimum absolute atomic E-state index is 0. The number of non-ortho nitro benzene ring substituents is 1. The number of hydrogen-bond donors (Lipinski definition) is 3. The molecule has 3 rings (SSSR count). The van der Waals surface area contributed by atoms with Gasteiger partial charge in [0.05, 0.1) is 20.8 Å². The van der Waals surface area contributed by atoms with Gasteiger partial charge in [-0.3, -0.25) is 20.2 Å². The summed E-state index contributed by atoms with van der Waals surface area (Å²) in [6, 6.07) is 6.02. The Kier molecular flexibility index (Phi) is 7.01. The van der Waals surface area contributed by atoms with Crippen molar-refractivity contribution in [3.8, 4) is 11.5 Å². The molecule has 0 unspecified atom stereocenters. The number of nitro groups is 2. The number of nitrogens with two attached hydrogens (primary N) is 1. The maximum Gasteiger partial charge on any atom is 1.00 e. The molecule has 0 aliphatic heterocycles. The van der Waals surface area contributed by atoms with Crippen molar-refractivity contribution >= 4 is 49.3 Å². The number of nitrogens with zero attached hydrogens (tertiary/aromatic N) is 4. The van der Waals surface area contributed by atoms with Gasteiger partial charge in [-0.15, -0.1) is 10.2 Å². The summed E-state index contributed by atoms with van der Waals surface area (Å²) in [6.45, 7) is 0. The Morgan fingerprint density at radius 2 is 1.59 bits per heavy atom. The number of rotatable bonds is 5. The van der Waals surface area contributed by atoms with E-state index < -0.39 is 59.1 Å². The van der Waals surface area contributed by atoms with Crippen molar-refractivity contribution in [3.63, 3.8) is 0 Å². The van der Waals surface area contributed by atoms with Crippen LogP contribution in [0.5, 0.6) is 11.5 Å². The minimum atomic E-state index is -5.19. The third kappa shape index (κ3) is 4.76. The van der Waals surface area contributed by atoms with Crippen LogP contribution in [0.25, 0.3) is 10.8 Å². The Bertz CT molecular complexity index is 1410. The molecule has 0 radical (unpaired) electrons. The van der Waals surface area contributed by atoms with Crippen LogP contribution in [0.4, 0.5) is 28.4 Å². The predicted octanol–water partition coefficient (Wildman–Crippen LogP) is -0.0269. The molecule has 0 aromatic heterocycles. The van der Waals surface area contributed by atoms with Crippen LogP contribution in [0.15, 0.2) is 51.5 Å². The van der Waals surface area contributed by atoms with E-state index >= 15 is 0 Å². The first-order valence-electron chi connectivity index (χ1n) is 7.98. The van der Waals surface area contributed by atoms with Crippen LogP contribution >= 0.6 is 0 Å². The topological polar surface area (TPSA) is 235 Å². The minimum Gasteiger partial charge on any atom is -0.744 e. The van der Waals surface area contributed by atoms with Crippen molar-refractivity contribution in [1.82, 2.24) is 0 Å². The first-order chi connectivity index (χ1) is 14.4. The molecular formula is C16H10N5NaO9S. The van der Waals surface area contributed by atoms with E-state index in [9.17, 15) is 43.4 Å². The van der Waals surface area contributed by atoms with Crippen LogP contribution in [-0.2, 0) is 10.1 Å². The molecule has 0 bridgehead atoms. The second-order valence-corrected chi connectivity index (χ2v) is 7.40. The normalized spacial score (nSPS) is 11.4. The fourth-order valence-electron chi connectivity index (χ4n) is 2.66. The first-order valence-corrected chi connectivity index (χ1v) is 9.39. The van der Waals surface area contributed by atoms with Crippen LogP contribution in [0.2, 0.25) is 0 Å². The number of aromatic hydroxyl groups is 2. The largest absolute Gasteiger partial charge is 1.00 e. The maximum atomic E-state index is 11.7. The molecule has 32 heavy (non-hydrogen) atoms. The van der Waals surface area contributed by atoms with Crippen molar-refractivity contribution in [3.05, 3.63) is 56.6 Å². The van der Waals surface area contributed by atoms with Crippen LogP contribution in [0, 0.1) is 20.2 Å². The van der Waals surface area contributed by atoms with Gasteiger partial charge < -0.3 is 20.5 Å². The van der Waals surface area contributed by atoms with E-state index in [1.165, 1.54) is 18.2 Å². The molecule has 0 saturated carbocycles. The number of phenols is 2. The van der Waals surface area contributed by atoms with Gasteiger partial charge in [0.15, 0.2) is 5.75 Å². The van der Waals surface area contributed by atoms with Gasteiger partial charge in [0.2, 0.25) is 5.75 Å². The van der Waals surface area contributed by atoms with Crippen molar-refractivity contribution in [1.29, 1.82) is 0 Å². The molecule has 0 aliphatic carbocycles. The van der Waals surface area contributed by atoms with Gasteiger partial charge in [0.25, 0.3) is 5.69 Å². The van der Waals surface area contributed by atoms with Crippen molar-refractivity contribution in [2.24, 2.45) is 10.2 Å². The summed E-state index contributed by atoms with van der Waals surface area (Å²) in [5, 5.41) is 49.4. The maximum absolute atomic E-state index is 11.7. The zero-order chi connectivity index (χ0) is 23.1. The van der Waals surface area contributed by atoms with Gasteiger partial charge in [-0.25, -0.2) is 8.42 Å². The molecule has 14 nitrogen and oxygen atoms in total. The number of nitro benzene ring substituents is 2. The Labute approximate surface area is 200 Å². The Morgan fingerprint density at radius 1 is 0.938 bits per heavy atom. The van der Waals surface area contributed by atoms with E-state index in [4.69, 9.17) is 5.73 Å². The van der Waals surface area contributed by atoms with Gasteiger partial charge in [-0.1, -0.05) is 6.07 Å². The van der Waals surface area contributed by atoms with E-state index in [1.807, 2.05) is 0 Å². The number of fused-ring (bicyclic) bond motifs is 1. The number of anilines is 1. The third-order valence-electron chi connectivity index (χ3n) is 4.07. The zero-order valence-corrected chi connectivity index (χ0v) is 18.8. The molecule has 3 aromatic carbocycles. The van der Waals surface area contributed by atoms with Gasteiger partial charge >= 0.3 is 35.2 Å². The van der Waals surface area contributed by atoms with Crippen molar-refractivity contribution in [2.45, 2.75) is 4.90 Å². The second kappa shape index (κ2) is 9.01. The molecule has 3 aromatic rings. The van der Waals surface area contributed by atoms with E-state index in [0.717, 1.165) is 6.07 Å².